The van der Waals surface area contributed by atoms with Crippen molar-refractivity contribution in [2.45, 2.75) is 64.1 Å². The number of ether oxygens (including phenoxy) is 3. The van der Waals surface area contributed by atoms with Crippen LogP contribution in [0.5, 0.6) is 0 Å². The summed E-state index contributed by atoms with van der Waals surface area (Å²) in [5, 5.41) is 4.89. The first-order chi connectivity index (χ1) is 19.4. The van der Waals surface area contributed by atoms with Gasteiger partial charge in [0, 0.05) is 33.3 Å². The van der Waals surface area contributed by atoms with E-state index in [-0.39, 0.29) is 25.5 Å². The third kappa shape index (κ3) is 6.35. The fraction of sp³-hybridized carbons (Fsp3) is 0.531. The molecule has 4 rings (SSSR count). The molecular formula is C32H43N3O6. The summed E-state index contributed by atoms with van der Waals surface area (Å²) in [6, 6.07) is 8.67. The number of allylic oxidation sites excluding steroid dienone is 1. The predicted molar refractivity (Wildman–Crippen MR) is 160 cm³/mol. The molecule has 2 aliphatic heterocycles. The molecule has 2 aliphatic rings. The number of cyclic esters (lactones) is 1. The van der Waals surface area contributed by atoms with E-state index in [1.54, 1.807) is 7.11 Å². The Bertz CT molecular complexity index is 1330. The van der Waals surface area contributed by atoms with E-state index in [9.17, 15) is 14.4 Å². The Morgan fingerprint density at radius 2 is 1.85 bits per heavy atom. The minimum Gasteiger partial charge on any atom is -0.467 e. The summed E-state index contributed by atoms with van der Waals surface area (Å²) >= 11 is 0. The maximum absolute atomic E-state index is 14.1. The number of benzene rings is 2. The van der Waals surface area contributed by atoms with Crippen molar-refractivity contribution in [2.75, 3.05) is 46.4 Å². The number of carbonyl (C=O) groups excluding carboxylic acids is 3. The Hall–Kier alpha value is -3.59. The molecule has 2 amide bonds. The first-order valence-electron chi connectivity index (χ1n) is 14.2. The summed E-state index contributed by atoms with van der Waals surface area (Å²) in [6.45, 7) is 5.97. The zero-order chi connectivity index (χ0) is 29.9. The molecule has 0 radical (unpaired) electrons. The van der Waals surface area contributed by atoms with Gasteiger partial charge in [0.05, 0.1) is 20.3 Å². The normalized spacial score (nSPS) is 24.8. The molecule has 0 aromatic heterocycles. The fourth-order valence-electron chi connectivity index (χ4n) is 5.75. The number of hydrogen-bond acceptors (Lipinski definition) is 7. The molecule has 9 heteroatoms. The number of rotatable bonds is 3. The molecule has 2 aromatic carbocycles. The van der Waals surface area contributed by atoms with Crippen molar-refractivity contribution in [3.8, 4) is 0 Å². The highest BCUT2D eigenvalue weighted by atomic mass is 16.5. The second kappa shape index (κ2) is 12.1. The number of hydrogen-bond donors (Lipinski definition) is 1. The average molecular weight is 566 g/mol. The van der Waals surface area contributed by atoms with Crippen LogP contribution in [0.2, 0.25) is 0 Å². The summed E-state index contributed by atoms with van der Waals surface area (Å²) in [6.07, 6.45) is 6.23. The smallest absolute Gasteiger partial charge is 0.407 e. The lowest BCUT2D eigenvalue weighted by molar-refractivity contribution is -0.152. The first-order valence-corrected chi connectivity index (χ1v) is 14.2. The molecule has 41 heavy (non-hydrogen) atoms. The van der Waals surface area contributed by atoms with Crippen LogP contribution in [0.15, 0.2) is 36.4 Å². The number of amides is 2. The first kappa shape index (κ1) is 30.4. The van der Waals surface area contributed by atoms with E-state index in [1.807, 2.05) is 40.9 Å². The molecule has 0 saturated carbocycles. The maximum Gasteiger partial charge on any atom is 0.407 e. The molecule has 9 nitrogen and oxygen atoms in total. The van der Waals surface area contributed by atoms with Gasteiger partial charge in [0.1, 0.15) is 17.7 Å². The summed E-state index contributed by atoms with van der Waals surface area (Å²) in [5.74, 6) is -0.914. The quantitative estimate of drug-likeness (QED) is 0.531. The highest BCUT2D eigenvalue weighted by molar-refractivity contribution is 5.92. The lowest BCUT2D eigenvalue weighted by Crippen LogP contribution is -2.57. The summed E-state index contributed by atoms with van der Waals surface area (Å²) in [7, 11) is 6.96. The number of nitrogens with zero attached hydrogens (tertiary/aromatic N) is 2. The monoisotopic (exact) mass is 565 g/mol. The van der Waals surface area contributed by atoms with Gasteiger partial charge in [0.2, 0.25) is 5.91 Å². The SMILES string of the molecule is COC(=O)[C@@H]1C[C@]2(OC)CN1C(=O)[C@H](C(C)(C)C)NC(=O)OCCCC/C=C/c1cc3cc2ccc3cc1N(C)C. The van der Waals surface area contributed by atoms with E-state index in [0.29, 0.717) is 6.42 Å². The Morgan fingerprint density at radius 1 is 1.10 bits per heavy atom. The van der Waals surface area contributed by atoms with Crippen LogP contribution >= 0.6 is 0 Å². The van der Waals surface area contributed by atoms with Gasteiger partial charge in [-0.05, 0) is 64.8 Å². The molecule has 222 valence electrons. The van der Waals surface area contributed by atoms with Crippen molar-refractivity contribution in [3.63, 3.8) is 0 Å². The van der Waals surface area contributed by atoms with Crippen LogP contribution in [0, 0.1) is 5.41 Å². The van der Waals surface area contributed by atoms with Gasteiger partial charge in [0.25, 0.3) is 0 Å². The third-order valence-corrected chi connectivity index (χ3v) is 8.14. The molecule has 1 fully saturated rings. The molecule has 1 N–H and O–H groups in total. The van der Waals surface area contributed by atoms with Gasteiger partial charge in [-0.25, -0.2) is 9.59 Å². The van der Waals surface area contributed by atoms with Crippen molar-refractivity contribution in [2.24, 2.45) is 5.41 Å². The van der Waals surface area contributed by atoms with Gasteiger partial charge < -0.3 is 29.3 Å². The van der Waals surface area contributed by atoms with E-state index < -0.39 is 35.2 Å². The summed E-state index contributed by atoms with van der Waals surface area (Å²) in [4.78, 5) is 43.5. The van der Waals surface area contributed by atoms with Crippen molar-refractivity contribution >= 4 is 40.5 Å². The minimum absolute atomic E-state index is 0.124. The standard InChI is InChI=1S/C32H43N3O6/c1-31(2,3)27-28(36)35-20-32(40-7,19-26(35)29(37)39-6)24-14-13-21-18-25(34(4)5)22(16-23(21)17-24)12-10-8-9-11-15-41-30(38)33-27/h10,12-14,16-18,26-27H,8-9,11,15,19-20H2,1-7H3,(H,33,38)/b12-10+/t26-,27+,32-/m0/s1. The number of nitrogens with one attached hydrogen (secondary N) is 1. The van der Waals surface area contributed by atoms with Gasteiger partial charge in [-0.15, -0.1) is 0 Å². The molecule has 1 saturated heterocycles. The molecule has 2 aromatic rings. The Labute approximate surface area is 242 Å². The summed E-state index contributed by atoms with van der Waals surface area (Å²) < 4.78 is 16.7. The van der Waals surface area contributed by atoms with Gasteiger partial charge in [-0.1, -0.05) is 45.1 Å². The minimum atomic E-state index is -0.954. The van der Waals surface area contributed by atoms with Gasteiger partial charge in [-0.3, -0.25) is 4.79 Å². The highest BCUT2D eigenvalue weighted by Crippen LogP contribution is 2.42. The molecule has 0 aliphatic carbocycles. The van der Waals surface area contributed by atoms with Crippen molar-refractivity contribution in [3.05, 3.63) is 47.5 Å². The van der Waals surface area contributed by atoms with Crippen LogP contribution in [0.25, 0.3) is 16.8 Å². The lowest BCUT2D eigenvalue weighted by atomic mass is 9.85. The van der Waals surface area contributed by atoms with Crippen molar-refractivity contribution < 1.29 is 28.6 Å². The van der Waals surface area contributed by atoms with Crippen LogP contribution in [0.3, 0.4) is 0 Å². The Kier molecular flexibility index (Phi) is 8.97. The van der Waals surface area contributed by atoms with Crippen LogP contribution in [-0.2, 0) is 29.4 Å². The van der Waals surface area contributed by atoms with E-state index in [0.717, 1.165) is 40.4 Å². The van der Waals surface area contributed by atoms with E-state index in [4.69, 9.17) is 14.2 Å². The van der Waals surface area contributed by atoms with Gasteiger partial charge in [-0.2, -0.15) is 0 Å². The number of esters is 1. The predicted octanol–water partition coefficient (Wildman–Crippen LogP) is 4.86. The second-order valence-electron chi connectivity index (χ2n) is 12.3. The molecule has 0 unspecified atom stereocenters. The van der Waals surface area contributed by atoms with Crippen LogP contribution in [0.1, 0.15) is 57.6 Å². The number of methoxy groups -OCH3 is 2. The topological polar surface area (TPSA) is 97.4 Å². The van der Waals surface area contributed by atoms with Crippen LogP contribution in [0.4, 0.5) is 10.5 Å². The Morgan fingerprint density at radius 3 is 2.51 bits per heavy atom. The third-order valence-electron chi connectivity index (χ3n) is 8.14. The number of alkyl carbamates (subject to hydrolysis) is 1. The van der Waals surface area contributed by atoms with E-state index >= 15 is 0 Å². The largest absolute Gasteiger partial charge is 0.467 e. The van der Waals surface area contributed by atoms with E-state index in [2.05, 4.69) is 46.6 Å². The summed E-state index contributed by atoms with van der Waals surface area (Å²) in [5.41, 5.74) is 1.45. The maximum atomic E-state index is 14.1. The highest BCUT2D eigenvalue weighted by Gasteiger charge is 2.53. The lowest BCUT2D eigenvalue weighted by Gasteiger charge is -2.35. The molecule has 0 spiro atoms. The number of fused-ring (bicyclic) bond motifs is 5. The molecule has 3 atom stereocenters. The number of carbonyl (C=O) groups is 3. The van der Waals surface area contributed by atoms with Gasteiger partial charge in [0.15, 0.2) is 0 Å². The molecule has 5 bridgehead atoms. The number of anilines is 1. The van der Waals surface area contributed by atoms with Crippen LogP contribution in [-0.4, -0.2) is 76.4 Å². The van der Waals surface area contributed by atoms with Crippen LogP contribution < -0.4 is 10.2 Å². The molecule has 2 heterocycles. The fourth-order valence-corrected chi connectivity index (χ4v) is 5.75. The zero-order valence-corrected chi connectivity index (χ0v) is 25.3. The zero-order valence-electron chi connectivity index (χ0n) is 25.3. The van der Waals surface area contributed by atoms with Gasteiger partial charge >= 0.3 is 12.1 Å². The van der Waals surface area contributed by atoms with Crippen molar-refractivity contribution in [1.29, 1.82) is 0 Å². The molecular weight excluding hydrogens is 522 g/mol. The Balaban J connectivity index is 1.86. The average Bonchev–Trinajstić information content (AvgIpc) is 3.34. The van der Waals surface area contributed by atoms with Crippen molar-refractivity contribution in [1.82, 2.24) is 10.2 Å². The van der Waals surface area contributed by atoms with E-state index in [1.165, 1.54) is 12.0 Å². The second-order valence-corrected chi connectivity index (χ2v) is 12.3.